The summed E-state index contributed by atoms with van der Waals surface area (Å²) < 4.78 is 0. The third kappa shape index (κ3) is 7.17. The summed E-state index contributed by atoms with van der Waals surface area (Å²) in [4.78, 5) is 20.5. The lowest BCUT2D eigenvalue weighted by molar-refractivity contribution is -0.138. The number of hydrogen-bond acceptors (Lipinski definition) is 2. The van der Waals surface area contributed by atoms with E-state index in [-0.39, 0.29) is 24.7 Å². The van der Waals surface area contributed by atoms with Crippen molar-refractivity contribution in [3.63, 3.8) is 0 Å². The van der Waals surface area contributed by atoms with Crippen molar-refractivity contribution in [3.8, 4) is 11.8 Å². The lowest BCUT2D eigenvalue weighted by atomic mass is 10.1. The topological polar surface area (TPSA) is 74.6 Å². The predicted octanol–water partition coefficient (Wildman–Crippen LogP) is 1.21. The summed E-state index contributed by atoms with van der Waals surface area (Å²) in [5.74, 6) is 3.20. The van der Waals surface area contributed by atoms with E-state index in [1.54, 1.807) is 13.8 Å². The van der Waals surface area contributed by atoms with Crippen molar-refractivity contribution in [2.45, 2.75) is 26.7 Å². The summed E-state index contributed by atoms with van der Waals surface area (Å²) in [6.45, 7) is 3.41. The van der Waals surface area contributed by atoms with E-state index >= 15 is 0 Å². The molecule has 0 aliphatic heterocycles. The summed E-state index contributed by atoms with van der Waals surface area (Å²) in [5.41, 5.74) is 0. The van der Waals surface area contributed by atoms with Crippen LogP contribution in [0, 0.1) is 23.7 Å². The van der Waals surface area contributed by atoms with E-state index in [4.69, 9.17) is 10.2 Å². The molecule has 4 nitrogen and oxygen atoms in total. The minimum Gasteiger partial charge on any atom is -0.481 e. The molecule has 78 valence electrons. The average molecular weight is 198 g/mol. The fraction of sp³-hybridized carbons (Fsp3) is 0.600. The van der Waals surface area contributed by atoms with Gasteiger partial charge in [0.15, 0.2) is 0 Å². The standard InChI is InChI=1S/C10H14O4/c1-7(5-9(11)12)3-4-8(2)6-10(13)14/h7-8H,5-6H2,1-2H3,(H,11,12)(H,13,14). The van der Waals surface area contributed by atoms with Crippen LogP contribution in [-0.4, -0.2) is 22.2 Å². The Morgan fingerprint density at radius 2 is 1.29 bits per heavy atom. The van der Waals surface area contributed by atoms with Gasteiger partial charge in [-0.1, -0.05) is 25.7 Å². The second-order valence-electron chi connectivity index (χ2n) is 3.29. The van der Waals surface area contributed by atoms with Crippen LogP contribution < -0.4 is 0 Å². The van der Waals surface area contributed by atoms with Crippen LogP contribution in [0.2, 0.25) is 0 Å². The molecule has 0 amide bonds. The zero-order valence-electron chi connectivity index (χ0n) is 8.28. The fourth-order valence-corrected chi connectivity index (χ4v) is 0.910. The molecule has 0 radical (unpaired) electrons. The first kappa shape index (κ1) is 12.5. The van der Waals surface area contributed by atoms with Gasteiger partial charge < -0.3 is 10.2 Å². The monoisotopic (exact) mass is 198 g/mol. The molecule has 4 heteroatoms. The molecule has 0 aliphatic carbocycles. The van der Waals surface area contributed by atoms with Gasteiger partial charge in [-0.05, 0) is 0 Å². The molecule has 0 aromatic heterocycles. The van der Waals surface area contributed by atoms with Crippen molar-refractivity contribution >= 4 is 11.9 Å². The van der Waals surface area contributed by atoms with E-state index in [0.29, 0.717) is 0 Å². The molecule has 0 rings (SSSR count). The van der Waals surface area contributed by atoms with Gasteiger partial charge >= 0.3 is 11.9 Å². The molecule has 0 saturated heterocycles. The van der Waals surface area contributed by atoms with Crippen LogP contribution in [0.15, 0.2) is 0 Å². The van der Waals surface area contributed by atoms with Crippen LogP contribution in [0.25, 0.3) is 0 Å². The van der Waals surface area contributed by atoms with Gasteiger partial charge in [-0.15, -0.1) is 0 Å². The number of carboxylic acid groups (broad SMARTS) is 2. The molecular weight excluding hydrogens is 184 g/mol. The molecule has 0 heterocycles. The Hall–Kier alpha value is -1.50. The molecule has 0 aliphatic rings. The minimum absolute atomic E-state index is 0.00715. The van der Waals surface area contributed by atoms with Gasteiger partial charge in [-0.25, -0.2) is 0 Å². The zero-order chi connectivity index (χ0) is 11.1. The Labute approximate surface area is 82.9 Å². The molecule has 0 spiro atoms. The third-order valence-corrected chi connectivity index (χ3v) is 1.54. The van der Waals surface area contributed by atoms with Crippen molar-refractivity contribution in [1.82, 2.24) is 0 Å². The van der Waals surface area contributed by atoms with Crippen molar-refractivity contribution in [1.29, 1.82) is 0 Å². The Bertz CT molecular complexity index is 246. The summed E-state index contributed by atoms with van der Waals surface area (Å²) in [6, 6.07) is 0. The second kappa shape index (κ2) is 6.03. The SMILES string of the molecule is CC(C#CC(C)CC(=O)O)CC(=O)O. The maximum Gasteiger partial charge on any atom is 0.304 e. The van der Waals surface area contributed by atoms with Crippen LogP contribution in [0.1, 0.15) is 26.7 Å². The van der Waals surface area contributed by atoms with Gasteiger partial charge in [0, 0.05) is 11.8 Å². The summed E-state index contributed by atoms with van der Waals surface area (Å²) in [6.07, 6.45) is -0.0143. The number of carboxylic acids is 2. The fourth-order valence-electron chi connectivity index (χ4n) is 0.910. The largest absolute Gasteiger partial charge is 0.481 e. The van der Waals surface area contributed by atoms with Crippen LogP contribution in [0.4, 0.5) is 0 Å². The van der Waals surface area contributed by atoms with E-state index in [2.05, 4.69) is 11.8 Å². The molecule has 0 aromatic rings. The van der Waals surface area contributed by atoms with Gasteiger partial charge in [0.1, 0.15) is 0 Å². The van der Waals surface area contributed by atoms with Gasteiger partial charge in [0.2, 0.25) is 0 Å². The highest BCUT2D eigenvalue weighted by Crippen LogP contribution is 2.03. The Kier molecular flexibility index (Phi) is 5.38. The molecular formula is C10H14O4. The number of carbonyl (C=O) groups is 2. The highest BCUT2D eigenvalue weighted by Gasteiger charge is 2.06. The molecule has 2 unspecified atom stereocenters. The molecule has 2 atom stereocenters. The van der Waals surface area contributed by atoms with E-state index in [0.717, 1.165) is 0 Å². The maximum absolute atomic E-state index is 10.3. The molecule has 14 heavy (non-hydrogen) atoms. The number of rotatable bonds is 4. The van der Waals surface area contributed by atoms with Gasteiger partial charge in [-0.3, -0.25) is 9.59 Å². The summed E-state index contributed by atoms with van der Waals surface area (Å²) in [7, 11) is 0. The van der Waals surface area contributed by atoms with E-state index in [9.17, 15) is 9.59 Å². The van der Waals surface area contributed by atoms with Gasteiger partial charge in [-0.2, -0.15) is 0 Å². The number of hydrogen-bond donors (Lipinski definition) is 2. The Balaban J connectivity index is 4.01. The van der Waals surface area contributed by atoms with Crippen LogP contribution in [-0.2, 0) is 9.59 Å². The first-order valence-electron chi connectivity index (χ1n) is 4.36. The van der Waals surface area contributed by atoms with E-state index in [1.165, 1.54) is 0 Å². The maximum atomic E-state index is 10.3. The van der Waals surface area contributed by atoms with Gasteiger partial charge in [0.25, 0.3) is 0 Å². The van der Waals surface area contributed by atoms with Crippen molar-refractivity contribution in [2.24, 2.45) is 11.8 Å². The quantitative estimate of drug-likeness (QED) is 0.666. The molecule has 0 aromatic carbocycles. The van der Waals surface area contributed by atoms with Crippen molar-refractivity contribution in [2.75, 3.05) is 0 Å². The summed E-state index contributed by atoms with van der Waals surface area (Å²) >= 11 is 0. The molecule has 2 N–H and O–H groups in total. The average Bonchev–Trinajstić information content (AvgIpc) is 1.98. The normalized spacial score (nSPS) is 13.6. The first-order valence-corrected chi connectivity index (χ1v) is 4.36. The van der Waals surface area contributed by atoms with E-state index in [1.807, 2.05) is 0 Å². The summed E-state index contributed by atoms with van der Waals surface area (Å²) in [5, 5.41) is 16.9. The first-order chi connectivity index (χ1) is 6.41. The molecule has 0 bridgehead atoms. The second-order valence-corrected chi connectivity index (χ2v) is 3.29. The Morgan fingerprint density at radius 1 is 1.00 bits per heavy atom. The lowest BCUT2D eigenvalue weighted by Crippen LogP contribution is -2.04. The predicted molar refractivity (Wildman–Crippen MR) is 50.6 cm³/mol. The third-order valence-electron chi connectivity index (χ3n) is 1.54. The van der Waals surface area contributed by atoms with Crippen molar-refractivity contribution in [3.05, 3.63) is 0 Å². The smallest absolute Gasteiger partial charge is 0.304 e. The van der Waals surface area contributed by atoms with Crippen molar-refractivity contribution < 1.29 is 19.8 Å². The van der Waals surface area contributed by atoms with E-state index < -0.39 is 11.9 Å². The zero-order valence-corrected chi connectivity index (χ0v) is 8.28. The Morgan fingerprint density at radius 3 is 1.50 bits per heavy atom. The molecule has 0 saturated carbocycles. The van der Waals surface area contributed by atoms with Crippen LogP contribution in [0.5, 0.6) is 0 Å². The highest BCUT2D eigenvalue weighted by atomic mass is 16.4. The minimum atomic E-state index is -0.891. The lowest BCUT2D eigenvalue weighted by Gasteiger charge is -2.00. The number of aliphatic carboxylic acids is 2. The van der Waals surface area contributed by atoms with Crippen LogP contribution >= 0.6 is 0 Å². The van der Waals surface area contributed by atoms with Crippen LogP contribution in [0.3, 0.4) is 0 Å². The highest BCUT2D eigenvalue weighted by molar-refractivity contribution is 5.68. The molecule has 0 fully saturated rings. The van der Waals surface area contributed by atoms with Gasteiger partial charge in [0.05, 0.1) is 12.8 Å².